The normalized spacial score (nSPS) is 13.3. The summed E-state index contributed by atoms with van der Waals surface area (Å²) in [5.41, 5.74) is 0. The van der Waals surface area contributed by atoms with Gasteiger partial charge in [-0.2, -0.15) is 0 Å². The van der Waals surface area contributed by atoms with Gasteiger partial charge in [0.25, 0.3) is 0 Å². The standard InChI is InChI=1S/C11H21N3O2/c1-8(2)12-7-11-14-13-10(16-11)6-5-9(3)15-4/h8-9,12H,5-7H2,1-4H3. The Morgan fingerprint density at radius 2 is 1.94 bits per heavy atom. The highest BCUT2D eigenvalue weighted by Crippen LogP contribution is 2.06. The highest BCUT2D eigenvalue weighted by atomic mass is 16.5. The molecule has 0 aliphatic heterocycles. The number of nitrogens with zero attached hydrogens (tertiary/aromatic N) is 2. The van der Waals surface area contributed by atoms with E-state index in [0.29, 0.717) is 24.4 Å². The molecule has 1 heterocycles. The van der Waals surface area contributed by atoms with Crippen molar-refractivity contribution < 1.29 is 9.15 Å². The number of aromatic nitrogens is 2. The third-order valence-corrected chi connectivity index (χ3v) is 2.34. The number of rotatable bonds is 7. The van der Waals surface area contributed by atoms with Crippen molar-refractivity contribution in [2.24, 2.45) is 0 Å². The third-order valence-electron chi connectivity index (χ3n) is 2.34. The number of ether oxygens (including phenoxy) is 1. The van der Waals surface area contributed by atoms with Crippen LogP contribution in [-0.4, -0.2) is 29.5 Å². The molecule has 0 radical (unpaired) electrons. The van der Waals surface area contributed by atoms with E-state index < -0.39 is 0 Å². The van der Waals surface area contributed by atoms with E-state index in [1.54, 1.807) is 7.11 Å². The number of methoxy groups -OCH3 is 1. The maximum Gasteiger partial charge on any atom is 0.230 e. The largest absolute Gasteiger partial charge is 0.424 e. The van der Waals surface area contributed by atoms with Crippen LogP contribution in [0.3, 0.4) is 0 Å². The molecule has 1 aromatic heterocycles. The fourth-order valence-corrected chi connectivity index (χ4v) is 1.20. The van der Waals surface area contributed by atoms with Gasteiger partial charge in [0.2, 0.25) is 11.8 Å². The van der Waals surface area contributed by atoms with E-state index in [-0.39, 0.29) is 6.10 Å². The lowest BCUT2D eigenvalue weighted by atomic mass is 10.2. The molecule has 1 unspecified atom stereocenters. The van der Waals surface area contributed by atoms with Crippen LogP contribution in [0.25, 0.3) is 0 Å². The molecule has 0 fully saturated rings. The first-order valence-corrected chi connectivity index (χ1v) is 5.69. The van der Waals surface area contributed by atoms with Gasteiger partial charge < -0.3 is 14.5 Å². The van der Waals surface area contributed by atoms with E-state index in [1.807, 2.05) is 6.92 Å². The summed E-state index contributed by atoms with van der Waals surface area (Å²) < 4.78 is 10.6. The van der Waals surface area contributed by atoms with E-state index in [4.69, 9.17) is 9.15 Å². The molecule has 0 aliphatic carbocycles. The lowest BCUT2D eigenvalue weighted by molar-refractivity contribution is 0.109. The molecule has 0 amide bonds. The summed E-state index contributed by atoms with van der Waals surface area (Å²) in [5.74, 6) is 1.33. The maximum absolute atomic E-state index is 5.49. The summed E-state index contributed by atoms with van der Waals surface area (Å²) in [4.78, 5) is 0. The average Bonchev–Trinajstić information content (AvgIpc) is 2.71. The first-order valence-electron chi connectivity index (χ1n) is 5.69. The lowest BCUT2D eigenvalue weighted by Crippen LogP contribution is -2.21. The highest BCUT2D eigenvalue weighted by molar-refractivity contribution is 4.82. The molecular weight excluding hydrogens is 206 g/mol. The predicted octanol–water partition coefficient (Wildman–Crippen LogP) is 1.54. The Hall–Kier alpha value is -0.940. The summed E-state index contributed by atoms with van der Waals surface area (Å²) in [5, 5.41) is 11.2. The van der Waals surface area contributed by atoms with Crippen molar-refractivity contribution in [2.75, 3.05) is 7.11 Å². The predicted molar refractivity (Wildman–Crippen MR) is 61.1 cm³/mol. The van der Waals surface area contributed by atoms with Crippen molar-refractivity contribution in [3.05, 3.63) is 11.8 Å². The minimum Gasteiger partial charge on any atom is -0.424 e. The molecule has 0 aromatic carbocycles. The van der Waals surface area contributed by atoms with Gasteiger partial charge in [-0.25, -0.2) is 0 Å². The van der Waals surface area contributed by atoms with Crippen molar-refractivity contribution in [2.45, 2.75) is 52.3 Å². The summed E-state index contributed by atoms with van der Waals surface area (Å²) in [6.07, 6.45) is 1.89. The van der Waals surface area contributed by atoms with Crippen molar-refractivity contribution in [3.8, 4) is 0 Å². The van der Waals surface area contributed by atoms with E-state index in [0.717, 1.165) is 12.8 Å². The van der Waals surface area contributed by atoms with Crippen LogP contribution < -0.4 is 5.32 Å². The quantitative estimate of drug-likeness (QED) is 0.765. The second-order valence-electron chi connectivity index (χ2n) is 4.21. The molecule has 16 heavy (non-hydrogen) atoms. The molecule has 1 N–H and O–H groups in total. The Kier molecular flexibility index (Phi) is 5.42. The smallest absolute Gasteiger partial charge is 0.230 e. The monoisotopic (exact) mass is 227 g/mol. The Labute approximate surface area is 96.6 Å². The zero-order valence-electron chi connectivity index (χ0n) is 10.5. The number of hydrogen-bond acceptors (Lipinski definition) is 5. The lowest BCUT2D eigenvalue weighted by Gasteiger charge is -2.06. The van der Waals surface area contributed by atoms with Gasteiger partial charge in [0.1, 0.15) is 0 Å². The maximum atomic E-state index is 5.49. The molecule has 1 atom stereocenters. The average molecular weight is 227 g/mol. The molecule has 1 aromatic rings. The summed E-state index contributed by atoms with van der Waals surface area (Å²) in [6.45, 7) is 6.82. The van der Waals surface area contributed by atoms with Crippen molar-refractivity contribution in [3.63, 3.8) is 0 Å². The van der Waals surface area contributed by atoms with Gasteiger partial charge in [-0.1, -0.05) is 13.8 Å². The molecule has 5 nitrogen and oxygen atoms in total. The van der Waals surface area contributed by atoms with Crippen LogP contribution >= 0.6 is 0 Å². The number of hydrogen-bond donors (Lipinski definition) is 1. The highest BCUT2D eigenvalue weighted by Gasteiger charge is 2.08. The third kappa shape index (κ3) is 4.72. The fraction of sp³-hybridized carbons (Fsp3) is 0.818. The van der Waals surface area contributed by atoms with Gasteiger partial charge in [-0.3, -0.25) is 0 Å². The Morgan fingerprint density at radius 1 is 1.25 bits per heavy atom. The van der Waals surface area contributed by atoms with Crippen LogP contribution in [0, 0.1) is 0 Å². The number of aryl methyl sites for hydroxylation is 1. The molecular formula is C11H21N3O2. The van der Waals surface area contributed by atoms with E-state index in [1.165, 1.54) is 0 Å². The summed E-state index contributed by atoms with van der Waals surface area (Å²) in [6, 6.07) is 0.420. The van der Waals surface area contributed by atoms with Crippen LogP contribution in [0.5, 0.6) is 0 Å². The minimum atomic E-state index is 0.226. The molecule has 0 bridgehead atoms. The second kappa shape index (κ2) is 6.60. The van der Waals surface area contributed by atoms with Gasteiger partial charge in [-0.05, 0) is 13.3 Å². The Balaban J connectivity index is 2.33. The van der Waals surface area contributed by atoms with Crippen molar-refractivity contribution in [1.82, 2.24) is 15.5 Å². The summed E-state index contributed by atoms with van der Waals surface area (Å²) >= 11 is 0. The Morgan fingerprint density at radius 3 is 2.56 bits per heavy atom. The summed E-state index contributed by atoms with van der Waals surface area (Å²) in [7, 11) is 1.70. The van der Waals surface area contributed by atoms with E-state index >= 15 is 0 Å². The fourth-order valence-electron chi connectivity index (χ4n) is 1.20. The molecule has 0 saturated carbocycles. The zero-order valence-corrected chi connectivity index (χ0v) is 10.5. The van der Waals surface area contributed by atoms with Crippen LogP contribution in [-0.2, 0) is 17.7 Å². The van der Waals surface area contributed by atoms with Gasteiger partial charge in [0.05, 0.1) is 12.6 Å². The molecule has 0 saturated heterocycles. The van der Waals surface area contributed by atoms with Crippen LogP contribution in [0.15, 0.2) is 4.42 Å². The van der Waals surface area contributed by atoms with Crippen LogP contribution in [0.4, 0.5) is 0 Å². The van der Waals surface area contributed by atoms with Crippen molar-refractivity contribution >= 4 is 0 Å². The van der Waals surface area contributed by atoms with Gasteiger partial charge >= 0.3 is 0 Å². The molecule has 0 aliphatic rings. The molecule has 92 valence electrons. The van der Waals surface area contributed by atoms with E-state index in [2.05, 4.69) is 29.4 Å². The second-order valence-corrected chi connectivity index (χ2v) is 4.21. The van der Waals surface area contributed by atoms with Gasteiger partial charge in [0.15, 0.2) is 0 Å². The SMILES string of the molecule is COC(C)CCc1nnc(CNC(C)C)o1. The van der Waals surface area contributed by atoms with Crippen LogP contribution in [0.2, 0.25) is 0 Å². The first-order chi connectivity index (χ1) is 7.61. The Bertz CT molecular complexity index is 299. The van der Waals surface area contributed by atoms with E-state index in [9.17, 15) is 0 Å². The number of nitrogens with one attached hydrogen (secondary N) is 1. The molecule has 1 rings (SSSR count). The zero-order chi connectivity index (χ0) is 12.0. The van der Waals surface area contributed by atoms with Crippen molar-refractivity contribution in [1.29, 1.82) is 0 Å². The van der Waals surface area contributed by atoms with Crippen LogP contribution in [0.1, 0.15) is 39.0 Å². The topological polar surface area (TPSA) is 60.2 Å². The first kappa shape index (κ1) is 13.1. The molecule has 5 heteroatoms. The minimum absolute atomic E-state index is 0.226. The van der Waals surface area contributed by atoms with Gasteiger partial charge in [-0.15, -0.1) is 10.2 Å². The molecule has 0 spiro atoms. The van der Waals surface area contributed by atoms with Gasteiger partial charge in [0, 0.05) is 19.6 Å².